The monoisotopic (exact) mass is 290 g/mol. The number of rotatable bonds is 4. The molecule has 0 amide bonds. The Bertz CT molecular complexity index is 513. The molecule has 1 aromatic carbocycles. The second kappa shape index (κ2) is 5.71. The minimum atomic E-state index is -0.397. The van der Waals surface area contributed by atoms with E-state index in [-0.39, 0.29) is 11.6 Å². The van der Waals surface area contributed by atoms with Crippen molar-refractivity contribution in [2.24, 2.45) is 0 Å². The first kappa shape index (κ1) is 12.7. The Morgan fingerprint density at radius 1 is 1.24 bits per heavy atom. The normalized spacial score (nSPS) is 10.5. The van der Waals surface area contributed by atoms with E-state index in [4.69, 9.17) is 27.9 Å². The first-order valence-electron chi connectivity index (χ1n) is 4.90. The van der Waals surface area contributed by atoms with Crippen molar-refractivity contribution >= 4 is 34.5 Å². The zero-order valence-electron chi connectivity index (χ0n) is 8.75. The minimum Gasteiger partial charge on any atom is -0.485 e. The van der Waals surface area contributed by atoms with Crippen LogP contribution < -0.4 is 4.74 Å². The van der Waals surface area contributed by atoms with Gasteiger partial charge < -0.3 is 4.74 Å². The van der Waals surface area contributed by atoms with Gasteiger partial charge in [0.15, 0.2) is 11.6 Å². The maximum atomic E-state index is 13.5. The van der Waals surface area contributed by atoms with E-state index < -0.39 is 5.82 Å². The molecule has 0 saturated carbocycles. The summed E-state index contributed by atoms with van der Waals surface area (Å²) in [6.45, 7) is 0.314. The lowest BCUT2D eigenvalue weighted by Crippen LogP contribution is -1.96. The molecule has 0 bridgehead atoms. The van der Waals surface area contributed by atoms with Gasteiger partial charge in [-0.15, -0.1) is 22.9 Å². The van der Waals surface area contributed by atoms with Crippen LogP contribution in [0.15, 0.2) is 30.3 Å². The fourth-order valence-electron chi connectivity index (χ4n) is 1.32. The summed E-state index contributed by atoms with van der Waals surface area (Å²) in [5.74, 6) is 0.117. The number of thiophene rings is 1. The van der Waals surface area contributed by atoms with Crippen molar-refractivity contribution in [1.82, 2.24) is 0 Å². The van der Waals surface area contributed by atoms with Crippen molar-refractivity contribution in [3.05, 3.63) is 50.9 Å². The highest BCUT2D eigenvalue weighted by Crippen LogP contribution is 2.24. The highest BCUT2D eigenvalue weighted by Gasteiger charge is 2.05. The predicted molar refractivity (Wildman–Crippen MR) is 69.6 cm³/mol. The topological polar surface area (TPSA) is 9.23 Å². The van der Waals surface area contributed by atoms with Crippen LogP contribution in [0, 0.1) is 5.82 Å². The summed E-state index contributed by atoms with van der Waals surface area (Å²) >= 11 is 12.8. The molecule has 0 radical (unpaired) electrons. The molecule has 0 spiro atoms. The Kier molecular flexibility index (Phi) is 4.26. The van der Waals surface area contributed by atoms with E-state index in [1.165, 1.54) is 17.4 Å². The second-order valence-electron chi connectivity index (χ2n) is 3.39. The van der Waals surface area contributed by atoms with E-state index in [0.717, 1.165) is 10.4 Å². The van der Waals surface area contributed by atoms with Crippen LogP contribution in [0.5, 0.6) is 5.75 Å². The lowest BCUT2D eigenvalue weighted by Gasteiger charge is -2.06. The van der Waals surface area contributed by atoms with Gasteiger partial charge in [0, 0.05) is 10.8 Å². The Morgan fingerprint density at radius 2 is 2.06 bits per heavy atom. The number of hydrogen-bond donors (Lipinski definition) is 0. The molecule has 2 rings (SSSR count). The smallest absolute Gasteiger partial charge is 0.165 e. The van der Waals surface area contributed by atoms with Crippen molar-refractivity contribution < 1.29 is 9.13 Å². The largest absolute Gasteiger partial charge is 0.485 e. The van der Waals surface area contributed by atoms with Crippen LogP contribution in [-0.4, -0.2) is 0 Å². The number of benzene rings is 1. The van der Waals surface area contributed by atoms with Crippen molar-refractivity contribution in [2.45, 2.75) is 12.5 Å². The predicted octanol–water partition coefficient (Wildman–Crippen LogP) is 4.86. The van der Waals surface area contributed by atoms with Gasteiger partial charge in [0.05, 0.1) is 4.34 Å². The third-order valence-electron chi connectivity index (χ3n) is 2.15. The van der Waals surface area contributed by atoms with Gasteiger partial charge >= 0.3 is 0 Å². The molecule has 1 aromatic heterocycles. The molecule has 90 valence electrons. The third kappa shape index (κ3) is 3.35. The number of alkyl halides is 1. The van der Waals surface area contributed by atoms with Gasteiger partial charge in [0.1, 0.15) is 6.61 Å². The molecule has 1 heterocycles. The summed E-state index contributed by atoms with van der Waals surface area (Å²) in [6, 6.07) is 8.36. The zero-order chi connectivity index (χ0) is 12.3. The van der Waals surface area contributed by atoms with E-state index in [0.29, 0.717) is 10.9 Å². The van der Waals surface area contributed by atoms with Gasteiger partial charge in [-0.25, -0.2) is 4.39 Å². The Morgan fingerprint density at radius 3 is 2.65 bits per heavy atom. The number of hydrogen-bond acceptors (Lipinski definition) is 2. The van der Waals surface area contributed by atoms with E-state index >= 15 is 0 Å². The van der Waals surface area contributed by atoms with Gasteiger partial charge in [0.2, 0.25) is 0 Å². The van der Waals surface area contributed by atoms with Gasteiger partial charge in [-0.1, -0.05) is 17.7 Å². The zero-order valence-corrected chi connectivity index (χ0v) is 11.1. The Balaban J connectivity index is 2.04. The Hall–Kier alpha value is -0.770. The molecule has 0 aliphatic heterocycles. The molecule has 0 aliphatic carbocycles. The molecule has 1 nitrogen and oxygen atoms in total. The van der Waals surface area contributed by atoms with Crippen LogP contribution in [0.1, 0.15) is 10.4 Å². The Labute approximate surface area is 113 Å². The molecule has 0 N–H and O–H groups in total. The highest BCUT2D eigenvalue weighted by atomic mass is 35.5. The maximum Gasteiger partial charge on any atom is 0.165 e. The quantitative estimate of drug-likeness (QED) is 0.731. The van der Waals surface area contributed by atoms with Crippen molar-refractivity contribution in [2.75, 3.05) is 0 Å². The van der Waals surface area contributed by atoms with Gasteiger partial charge in [-0.2, -0.15) is 0 Å². The van der Waals surface area contributed by atoms with E-state index in [1.807, 2.05) is 6.07 Å². The van der Waals surface area contributed by atoms with Gasteiger partial charge in [-0.3, -0.25) is 0 Å². The van der Waals surface area contributed by atoms with E-state index in [1.54, 1.807) is 18.2 Å². The van der Waals surface area contributed by atoms with Crippen molar-refractivity contribution in [1.29, 1.82) is 0 Å². The number of ether oxygens (including phenoxy) is 1. The average molecular weight is 291 g/mol. The first-order valence-corrected chi connectivity index (χ1v) is 6.63. The summed E-state index contributed by atoms with van der Waals surface area (Å²) in [4.78, 5) is 0.954. The molecule has 0 saturated heterocycles. The average Bonchev–Trinajstić information content (AvgIpc) is 2.73. The molecule has 17 heavy (non-hydrogen) atoms. The molecule has 0 unspecified atom stereocenters. The standard InChI is InChI=1S/C12H9Cl2FOS/c13-6-8-1-3-11(10(15)5-8)16-7-9-2-4-12(14)17-9/h1-5H,6-7H2. The van der Waals surface area contributed by atoms with Crippen LogP contribution in [-0.2, 0) is 12.5 Å². The number of halogens is 3. The van der Waals surface area contributed by atoms with Crippen LogP contribution in [0.4, 0.5) is 4.39 Å². The highest BCUT2D eigenvalue weighted by molar-refractivity contribution is 7.16. The van der Waals surface area contributed by atoms with Crippen LogP contribution >= 0.6 is 34.5 Å². The molecule has 2 aromatic rings. The van der Waals surface area contributed by atoms with E-state index in [2.05, 4.69) is 0 Å². The van der Waals surface area contributed by atoms with Crippen molar-refractivity contribution in [3.8, 4) is 5.75 Å². The summed E-state index contributed by atoms with van der Waals surface area (Å²) in [5.41, 5.74) is 0.732. The molecule has 5 heteroatoms. The summed E-state index contributed by atoms with van der Waals surface area (Å²) in [5, 5.41) is 0. The molecular formula is C12H9Cl2FOS. The van der Waals surface area contributed by atoms with Crippen molar-refractivity contribution in [3.63, 3.8) is 0 Å². The lowest BCUT2D eigenvalue weighted by atomic mass is 10.2. The summed E-state index contributed by atoms with van der Waals surface area (Å²) in [6.07, 6.45) is 0. The lowest BCUT2D eigenvalue weighted by molar-refractivity contribution is 0.293. The molecular weight excluding hydrogens is 282 g/mol. The van der Waals surface area contributed by atoms with Gasteiger partial charge in [0.25, 0.3) is 0 Å². The second-order valence-corrected chi connectivity index (χ2v) is 5.46. The molecule has 0 atom stereocenters. The first-order chi connectivity index (χ1) is 8.19. The third-order valence-corrected chi connectivity index (χ3v) is 3.66. The van der Waals surface area contributed by atoms with Crippen LogP contribution in [0.2, 0.25) is 4.34 Å². The summed E-state index contributed by atoms with van der Waals surface area (Å²) in [7, 11) is 0. The maximum absolute atomic E-state index is 13.5. The van der Waals surface area contributed by atoms with E-state index in [9.17, 15) is 4.39 Å². The van der Waals surface area contributed by atoms with Gasteiger partial charge in [-0.05, 0) is 29.8 Å². The minimum absolute atomic E-state index is 0.225. The fraction of sp³-hybridized carbons (Fsp3) is 0.167. The SMILES string of the molecule is Fc1cc(CCl)ccc1OCc1ccc(Cl)s1. The fourth-order valence-corrected chi connectivity index (χ4v) is 2.49. The molecule has 0 aliphatic rings. The molecule has 0 fully saturated rings. The van der Waals surface area contributed by atoms with Crippen LogP contribution in [0.25, 0.3) is 0 Å². The summed E-state index contributed by atoms with van der Waals surface area (Å²) < 4.78 is 19.6. The van der Waals surface area contributed by atoms with Crippen LogP contribution in [0.3, 0.4) is 0 Å².